The molecule has 3 aromatic carbocycles. The molecule has 0 atom stereocenters. The molecule has 122 valence electrons. The van der Waals surface area contributed by atoms with Gasteiger partial charge in [-0.1, -0.05) is 60.7 Å². The first-order chi connectivity index (χ1) is 11.5. The molecule has 0 bridgehead atoms. The van der Waals surface area contributed by atoms with Crippen LogP contribution in [-0.4, -0.2) is 0 Å². The van der Waals surface area contributed by atoms with Crippen molar-refractivity contribution >= 4 is 23.5 Å². The Balaban J connectivity index is 0.000000219. The average molecular weight is 320 g/mol. The van der Waals surface area contributed by atoms with Crippen molar-refractivity contribution in [2.24, 2.45) is 0 Å². The molecule has 2 nitrogen and oxygen atoms in total. The molecule has 0 aliphatic heterocycles. The van der Waals surface area contributed by atoms with Crippen LogP contribution in [0.25, 0.3) is 12.2 Å². The lowest BCUT2D eigenvalue weighted by Gasteiger charge is -2.01. The quantitative estimate of drug-likeness (QED) is 0.506. The Hall–Kier alpha value is -3.07. The van der Waals surface area contributed by atoms with Crippen molar-refractivity contribution in [1.29, 1.82) is 0 Å². The first kappa shape index (κ1) is 17.3. The van der Waals surface area contributed by atoms with Gasteiger partial charge >= 0.3 is 0 Å². The normalized spacial score (nSPS) is 10.2. The van der Waals surface area contributed by atoms with Crippen molar-refractivity contribution in [3.8, 4) is 0 Å². The maximum absolute atomic E-state index is 12.2. The van der Waals surface area contributed by atoms with Crippen molar-refractivity contribution in [3.63, 3.8) is 0 Å². The van der Waals surface area contributed by atoms with Crippen LogP contribution in [0.4, 0.5) is 15.8 Å². The first-order valence-corrected chi connectivity index (χ1v) is 7.65. The Morgan fingerprint density at radius 1 is 0.792 bits per heavy atom. The zero-order chi connectivity index (χ0) is 17.4. The number of rotatable bonds is 2. The SMILES string of the molecule is Cc1cccc(F)c1.Nc1ccc(C=Cc2ccccc2)c(N)c1. The minimum Gasteiger partial charge on any atom is -0.399 e. The van der Waals surface area contributed by atoms with Crippen LogP contribution >= 0.6 is 0 Å². The van der Waals surface area contributed by atoms with E-state index in [1.807, 2.05) is 67.6 Å². The van der Waals surface area contributed by atoms with E-state index in [2.05, 4.69) is 0 Å². The summed E-state index contributed by atoms with van der Waals surface area (Å²) in [5.74, 6) is -0.162. The summed E-state index contributed by atoms with van der Waals surface area (Å²) in [5, 5.41) is 0. The molecular formula is C21H21FN2. The highest BCUT2D eigenvalue weighted by Crippen LogP contribution is 2.18. The molecular weight excluding hydrogens is 299 g/mol. The zero-order valence-corrected chi connectivity index (χ0v) is 13.6. The number of anilines is 2. The molecule has 0 aliphatic carbocycles. The number of nitrogen functional groups attached to an aromatic ring is 2. The van der Waals surface area contributed by atoms with E-state index in [1.54, 1.807) is 12.1 Å². The van der Waals surface area contributed by atoms with Crippen LogP contribution in [-0.2, 0) is 0 Å². The summed E-state index contributed by atoms with van der Waals surface area (Å²) < 4.78 is 12.2. The lowest BCUT2D eigenvalue weighted by Crippen LogP contribution is -1.92. The zero-order valence-electron chi connectivity index (χ0n) is 13.6. The maximum Gasteiger partial charge on any atom is 0.123 e. The lowest BCUT2D eigenvalue weighted by atomic mass is 10.1. The second-order valence-corrected chi connectivity index (χ2v) is 5.43. The van der Waals surface area contributed by atoms with Gasteiger partial charge in [0.2, 0.25) is 0 Å². The third-order valence-electron chi connectivity index (χ3n) is 3.35. The fourth-order valence-corrected chi connectivity index (χ4v) is 2.10. The third kappa shape index (κ3) is 5.61. The molecule has 3 rings (SSSR count). The van der Waals surface area contributed by atoms with E-state index < -0.39 is 0 Å². The van der Waals surface area contributed by atoms with Gasteiger partial charge in [0.05, 0.1) is 0 Å². The molecule has 0 saturated carbocycles. The van der Waals surface area contributed by atoms with Crippen molar-refractivity contribution in [1.82, 2.24) is 0 Å². The number of hydrogen-bond donors (Lipinski definition) is 2. The average Bonchev–Trinajstić information content (AvgIpc) is 2.55. The van der Waals surface area contributed by atoms with E-state index in [-0.39, 0.29) is 5.82 Å². The number of aryl methyl sites for hydroxylation is 1. The van der Waals surface area contributed by atoms with Crippen molar-refractivity contribution in [3.05, 3.63) is 95.3 Å². The molecule has 3 heteroatoms. The predicted octanol–water partition coefficient (Wildman–Crippen LogP) is 5.16. The maximum atomic E-state index is 12.2. The molecule has 0 saturated heterocycles. The minimum atomic E-state index is -0.162. The minimum absolute atomic E-state index is 0.162. The molecule has 24 heavy (non-hydrogen) atoms. The van der Waals surface area contributed by atoms with Crippen LogP contribution in [0, 0.1) is 12.7 Å². The molecule has 0 fully saturated rings. The van der Waals surface area contributed by atoms with E-state index in [9.17, 15) is 4.39 Å². The number of nitrogens with two attached hydrogens (primary N) is 2. The summed E-state index contributed by atoms with van der Waals surface area (Å²) >= 11 is 0. The monoisotopic (exact) mass is 320 g/mol. The smallest absolute Gasteiger partial charge is 0.123 e. The van der Waals surface area contributed by atoms with Gasteiger partial charge in [0.25, 0.3) is 0 Å². The number of benzene rings is 3. The van der Waals surface area contributed by atoms with Crippen molar-refractivity contribution < 1.29 is 4.39 Å². The topological polar surface area (TPSA) is 52.0 Å². The largest absolute Gasteiger partial charge is 0.399 e. The molecule has 0 heterocycles. The second-order valence-electron chi connectivity index (χ2n) is 5.43. The van der Waals surface area contributed by atoms with Gasteiger partial charge in [-0.05, 0) is 47.9 Å². The molecule has 0 aliphatic rings. The van der Waals surface area contributed by atoms with Crippen LogP contribution < -0.4 is 11.5 Å². The van der Waals surface area contributed by atoms with Crippen molar-refractivity contribution in [2.75, 3.05) is 11.5 Å². The van der Waals surface area contributed by atoms with E-state index >= 15 is 0 Å². The Kier molecular flexibility index (Phi) is 6.15. The molecule has 0 radical (unpaired) electrons. The summed E-state index contributed by atoms with van der Waals surface area (Å²) in [6.07, 6.45) is 4.02. The van der Waals surface area contributed by atoms with Gasteiger partial charge in [-0.2, -0.15) is 0 Å². The van der Waals surface area contributed by atoms with Crippen LogP contribution in [0.5, 0.6) is 0 Å². The molecule has 0 aromatic heterocycles. The fraction of sp³-hybridized carbons (Fsp3) is 0.0476. The van der Waals surface area contributed by atoms with Gasteiger partial charge in [-0.25, -0.2) is 4.39 Å². The highest BCUT2D eigenvalue weighted by atomic mass is 19.1. The van der Waals surface area contributed by atoms with Gasteiger partial charge < -0.3 is 11.5 Å². The Morgan fingerprint density at radius 3 is 2.12 bits per heavy atom. The second kappa shape index (κ2) is 8.53. The number of halogens is 1. The van der Waals surface area contributed by atoms with Crippen molar-refractivity contribution in [2.45, 2.75) is 6.92 Å². The van der Waals surface area contributed by atoms with E-state index in [0.717, 1.165) is 16.7 Å². The molecule has 0 spiro atoms. The van der Waals surface area contributed by atoms with E-state index in [4.69, 9.17) is 11.5 Å². The van der Waals surface area contributed by atoms with Gasteiger partial charge in [0.15, 0.2) is 0 Å². The molecule has 0 unspecified atom stereocenters. The highest BCUT2D eigenvalue weighted by molar-refractivity contribution is 5.77. The predicted molar refractivity (Wildman–Crippen MR) is 102 cm³/mol. The van der Waals surface area contributed by atoms with Crippen LogP contribution in [0.15, 0.2) is 72.8 Å². The van der Waals surface area contributed by atoms with Crippen LogP contribution in [0.1, 0.15) is 16.7 Å². The Morgan fingerprint density at radius 2 is 1.54 bits per heavy atom. The lowest BCUT2D eigenvalue weighted by molar-refractivity contribution is 0.626. The molecule has 3 aromatic rings. The first-order valence-electron chi connectivity index (χ1n) is 7.65. The summed E-state index contributed by atoms with van der Waals surface area (Å²) in [7, 11) is 0. The molecule has 0 amide bonds. The van der Waals surface area contributed by atoms with Gasteiger partial charge in [0, 0.05) is 11.4 Å². The summed E-state index contributed by atoms with van der Waals surface area (Å²) in [4.78, 5) is 0. The standard InChI is InChI=1S/C14H14N2.C7H7F/c15-13-9-8-12(14(16)10-13)7-6-11-4-2-1-3-5-11;1-6-3-2-4-7(8)5-6/h1-10H,15-16H2;2-5H,1H3. The Labute approximate surface area is 142 Å². The molecule has 4 N–H and O–H groups in total. The summed E-state index contributed by atoms with van der Waals surface area (Å²) in [6, 6.07) is 22.1. The number of hydrogen-bond acceptors (Lipinski definition) is 2. The summed E-state index contributed by atoms with van der Waals surface area (Å²) in [6.45, 7) is 1.86. The van der Waals surface area contributed by atoms with Gasteiger partial charge in [0.1, 0.15) is 5.82 Å². The third-order valence-corrected chi connectivity index (χ3v) is 3.35. The van der Waals surface area contributed by atoms with Crippen LogP contribution in [0.2, 0.25) is 0 Å². The van der Waals surface area contributed by atoms with E-state index in [1.165, 1.54) is 12.1 Å². The Bertz CT molecular complexity index is 794. The highest BCUT2D eigenvalue weighted by Gasteiger charge is 1.94. The van der Waals surface area contributed by atoms with Gasteiger partial charge in [-0.3, -0.25) is 0 Å². The van der Waals surface area contributed by atoms with E-state index in [0.29, 0.717) is 11.4 Å². The fourth-order valence-electron chi connectivity index (χ4n) is 2.10. The van der Waals surface area contributed by atoms with Crippen LogP contribution in [0.3, 0.4) is 0 Å². The van der Waals surface area contributed by atoms with Gasteiger partial charge in [-0.15, -0.1) is 0 Å². The summed E-state index contributed by atoms with van der Waals surface area (Å²) in [5.41, 5.74) is 16.0.